The number of thiocarbonyl (C=S) groups is 1. The average Bonchev–Trinajstić information content (AvgIpc) is 1.88. The average molecular weight is 175 g/mol. The Morgan fingerprint density at radius 1 is 1.27 bits per heavy atom. The molecule has 1 nitrogen and oxygen atoms in total. The number of para-hydroxylation sites is 1. The smallest absolute Gasteiger partial charge is 0.411 e. The van der Waals surface area contributed by atoms with Crippen LogP contribution in [0.15, 0.2) is 30.3 Å². The molecule has 4 heteroatoms. The van der Waals surface area contributed by atoms with Crippen LogP contribution >= 0.6 is 12.2 Å². The Hall–Kier alpha value is -0.0726. The summed E-state index contributed by atoms with van der Waals surface area (Å²) in [5.41, 5.74) is 0.947. The first-order chi connectivity index (χ1) is 4.79. The first-order valence-electron chi connectivity index (χ1n) is 2.82. The molecule has 0 spiro atoms. The topological polar surface area (TPSA) is 12.0 Å². The van der Waals surface area contributed by atoms with Crippen LogP contribution in [0.5, 0.6) is 0 Å². The van der Waals surface area contributed by atoms with Crippen molar-refractivity contribution in [3.63, 3.8) is 0 Å². The number of benzene rings is 1. The van der Waals surface area contributed by atoms with Gasteiger partial charge in [-0.05, 0) is 12.1 Å². The second kappa shape index (κ2) is 5.56. The summed E-state index contributed by atoms with van der Waals surface area (Å²) in [6.07, 6.45) is 0. The maximum absolute atomic E-state index is 4.68. The van der Waals surface area contributed by atoms with E-state index in [0.29, 0.717) is 4.32 Å². The summed E-state index contributed by atoms with van der Waals surface area (Å²) < 4.78 is 0.381. The van der Waals surface area contributed by atoms with Crippen LogP contribution < -0.4 is 24.2 Å². The fourth-order valence-corrected chi connectivity index (χ4v) is 0.875. The third kappa shape index (κ3) is 4.39. The van der Waals surface area contributed by atoms with E-state index in [2.05, 4.69) is 30.2 Å². The Morgan fingerprint density at radius 3 is 2.27 bits per heavy atom. The van der Waals surface area contributed by atoms with E-state index in [-0.39, 0.29) is 18.9 Å². The Morgan fingerprint density at radius 2 is 1.82 bits per heavy atom. The van der Waals surface area contributed by atoms with Gasteiger partial charge in [0, 0.05) is 5.69 Å². The zero-order chi connectivity index (χ0) is 7.40. The second-order valence-electron chi connectivity index (χ2n) is 1.78. The molecule has 0 aliphatic rings. The molecular weight excluding hydrogens is 169 g/mol. The molecule has 0 atom stereocenters. The minimum atomic E-state index is 0. The molecule has 52 valence electrons. The van der Waals surface area contributed by atoms with Gasteiger partial charge in [-0.1, -0.05) is 22.5 Å². The molecule has 0 bridgehead atoms. The number of hydrogen-bond donors (Lipinski definition) is 1. The minimum absolute atomic E-state index is 0. The number of hydrogen-bond acceptors (Lipinski definition) is 2. The standard InChI is InChI=1S/C7H7NS2.Li/c9-7(10)8-6-4-2-1-3-5-6;/h1-5H,(H2,8,9,10);/q;+1/p-1. The van der Waals surface area contributed by atoms with Crippen molar-refractivity contribution in [2.75, 3.05) is 5.32 Å². The maximum Gasteiger partial charge on any atom is 1.00 e. The van der Waals surface area contributed by atoms with Crippen LogP contribution in [-0.2, 0) is 12.6 Å². The van der Waals surface area contributed by atoms with Gasteiger partial charge >= 0.3 is 18.9 Å². The Bertz CT molecular complexity index is 225. The van der Waals surface area contributed by atoms with E-state index >= 15 is 0 Å². The van der Waals surface area contributed by atoms with Crippen molar-refractivity contribution in [1.29, 1.82) is 0 Å². The summed E-state index contributed by atoms with van der Waals surface area (Å²) in [5, 5.41) is 2.85. The third-order valence-electron chi connectivity index (χ3n) is 1.02. The molecule has 0 aromatic heterocycles. The van der Waals surface area contributed by atoms with Gasteiger partial charge in [-0.25, -0.2) is 0 Å². The van der Waals surface area contributed by atoms with E-state index in [1.165, 1.54) is 0 Å². The van der Waals surface area contributed by atoms with Crippen LogP contribution in [0.1, 0.15) is 0 Å². The first kappa shape index (κ1) is 10.9. The molecule has 0 heterocycles. The molecule has 0 radical (unpaired) electrons. The van der Waals surface area contributed by atoms with Crippen molar-refractivity contribution >= 4 is 34.9 Å². The fraction of sp³-hybridized carbons (Fsp3) is 0. The molecular formula is C7H6LiNS2. The minimum Gasteiger partial charge on any atom is -0.411 e. The predicted molar refractivity (Wildman–Crippen MR) is 50.0 cm³/mol. The predicted octanol–water partition coefficient (Wildman–Crippen LogP) is -1.07. The van der Waals surface area contributed by atoms with Gasteiger partial charge in [0.15, 0.2) is 0 Å². The quantitative estimate of drug-likeness (QED) is 0.332. The summed E-state index contributed by atoms with van der Waals surface area (Å²) >= 11 is 9.36. The van der Waals surface area contributed by atoms with Crippen LogP contribution in [0, 0.1) is 0 Å². The van der Waals surface area contributed by atoms with Crippen molar-refractivity contribution in [3.05, 3.63) is 30.3 Å². The van der Waals surface area contributed by atoms with E-state index in [0.717, 1.165) is 5.69 Å². The molecule has 0 aliphatic heterocycles. The Kier molecular flexibility index (Phi) is 5.52. The van der Waals surface area contributed by atoms with Crippen molar-refractivity contribution in [1.82, 2.24) is 0 Å². The Balaban J connectivity index is 0.000001000. The normalized spacial score (nSPS) is 8.00. The molecule has 1 aromatic carbocycles. The molecule has 0 fully saturated rings. The molecule has 0 saturated carbocycles. The number of rotatable bonds is 1. The molecule has 0 amide bonds. The van der Waals surface area contributed by atoms with Gasteiger partial charge in [0.1, 0.15) is 0 Å². The van der Waals surface area contributed by atoms with E-state index in [9.17, 15) is 0 Å². The Labute approximate surface area is 89.2 Å². The van der Waals surface area contributed by atoms with Gasteiger partial charge in [-0.15, -0.1) is 0 Å². The molecule has 1 N–H and O–H groups in total. The summed E-state index contributed by atoms with van der Waals surface area (Å²) in [7, 11) is 0. The third-order valence-corrected chi connectivity index (χ3v) is 1.22. The maximum atomic E-state index is 4.68. The number of nitrogens with one attached hydrogen (secondary N) is 1. The molecule has 1 aromatic rings. The molecule has 0 aliphatic carbocycles. The van der Waals surface area contributed by atoms with Gasteiger partial charge in [-0.2, -0.15) is 0 Å². The first-order valence-corrected chi connectivity index (χ1v) is 3.64. The second-order valence-corrected chi connectivity index (χ2v) is 2.85. The van der Waals surface area contributed by atoms with Crippen molar-refractivity contribution in [3.8, 4) is 0 Å². The largest absolute Gasteiger partial charge is 1.00 e. The number of anilines is 1. The monoisotopic (exact) mass is 175 g/mol. The van der Waals surface area contributed by atoms with E-state index < -0.39 is 0 Å². The van der Waals surface area contributed by atoms with Crippen molar-refractivity contribution in [2.24, 2.45) is 0 Å². The van der Waals surface area contributed by atoms with Crippen molar-refractivity contribution < 1.29 is 18.9 Å². The van der Waals surface area contributed by atoms with Gasteiger partial charge < -0.3 is 30.2 Å². The van der Waals surface area contributed by atoms with Crippen LogP contribution in [0.3, 0.4) is 0 Å². The van der Waals surface area contributed by atoms with Gasteiger partial charge in [0.25, 0.3) is 0 Å². The van der Waals surface area contributed by atoms with Crippen LogP contribution in [-0.4, -0.2) is 4.32 Å². The zero-order valence-electron chi connectivity index (χ0n) is 6.20. The van der Waals surface area contributed by atoms with Gasteiger partial charge in [-0.3, -0.25) is 0 Å². The van der Waals surface area contributed by atoms with Crippen molar-refractivity contribution in [2.45, 2.75) is 0 Å². The summed E-state index contributed by atoms with van der Waals surface area (Å²) in [6, 6.07) is 9.63. The van der Waals surface area contributed by atoms with E-state index in [4.69, 9.17) is 0 Å². The van der Waals surface area contributed by atoms with Gasteiger partial charge in [0.2, 0.25) is 0 Å². The van der Waals surface area contributed by atoms with E-state index in [1.54, 1.807) is 0 Å². The zero-order valence-corrected chi connectivity index (χ0v) is 7.84. The van der Waals surface area contributed by atoms with Gasteiger partial charge in [0.05, 0.1) is 0 Å². The molecule has 11 heavy (non-hydrogen) atoms. The molecule has 0 unspecified atom stereocenters. The molecule has 1 rings (SSSR count). The fourth-order valence-electron chi connectivity index (χ4n) is 0.639. The van der Waals surface area contributed by atoms with Crippen LogP contribution in [0.25, 0.3) is 0 Å². The SMILES string of the molecule is S=C([S-])Nc1ccccc1.[Li+]. The van der Waals surface area contributed by atoms with E-state index in [1.807, 2.05) is 30.3 Å². The summed E-state index contributed by atoms with van der Waals surface area (Å²) in [5.74, 6) is 0. The summed E-state index contributed by atoms with van der Waals surface area (Å²) in [6.45, 7) is 0. The van der Waals surface area contributed by atoms with Crippen LogP contribution in [0.4, 0.5) is 5.69 Å². The van der Waals surface area contributed by atoms with Crippen LogP contribution in [0.2, 0.25) is 0 Å². The summed E-state index contributed by atoms with van der Waals surface area (Å²) in [4.78, 5) is 0. The molecule has 0 saturated heterocycles.